The number of hydrogen-bond donors (Lipinski definition) is 5. The third kappa shape index (κ3) is 8.36. The van der Waals surface area contributed by atoms with Gasteiger partial charge in [0.1, 0.15) is 11.9 Å². The molecule has 0 aromatic heterocycles. The summed E-state index contributed by atoms with van der Waals surface area (Å²) in [7, 11) is 0. The number of halogens is 1. The van der Waals surface area contributed by atoms with E-state index in [1.807, 2.05) is 30.3 Å². The van der Waals surface area contributed by atoms with Gasteiger partial charge in [0.15, 0.2) is 0 Å². The van der Waals surface area contributed by atoms with Crippen molar-refractivity contribution in [2.45, 2.75) is 26.6 Å². The van der Waals surface area contributed by atoms with Crippen LogP contribution in [-0.4, -0.2) is 29.6 Å². The summed E-state index contributed by atoms with van der Waals surface area (Å²) in [6, 6.07) is 19.9. The maximum absolute atomic E-state index is 13.2. The van der Waals surface area contributed by atoms with Gasteiger partial charge < -0.3 is 16.4 Å². The zero-order valence-electron chi connectivity index (χ0n) is 18.3. The van der Waals surface area contributed by atoms with Gasteiger partial charge in [-0.3, -0.25) is 14.8 Å². The monoisotopic (exact) mass is 476 g/mol. The van der Waals surface area contributed by atoms with Gasteiger partial charge in [-0.2, -0.15) is 0 Å². The first-order chi connectivity index (χ1) is 16.5. The Kier molecular flexibility index (Phi) is 10.6. The number of rotatable bonds is 8. The van der Waals surface area contributed by atoms with Crippen molar-refractivity contribution >= 4 is 11.8 Å². The predicted molar refractivity (Wildman–Crippen MR) is 133 cm³/mol. The number of hydroxylamine groups is 1. The number of hydrogen-bond acceptors (Lipinski definition) is 5. The molecule has 0 saturated heterocycles. The van der Waals surface area contributed by atoms with Crippen molar-refractivity contribution in [2.24, 2.45) is 5.73 Å². The largest absolute Gasteiger partial charge is 0.339 e. The number of nitrogens with one attached hydrogen (secondary N) is 3. The quantitative estimate of drug-likeness (QED) is 0.195. The summed E-state index contributed by atoms with van der Waals surface area (Å²) < 4.78 is 13.2. The summed E-state index contributed by atoms with van der Waals surface area (Å²) in [6.07, 6.45) is 0. The Morgan fingerprint density at radius 2 is 1.51 bits per heavy atom. The molecule has 3 rings (SSSR count). The average molecular weight is 477 g/mol. The minimum Gasteiger partial charge on any atom is -0.339 e. The molecule has 0 unspecified atom stereocenters. The number of benzene rings is 3. The molecule has 0 fully saturated rings. The van der Waals surface area contributed by atoms with Crippen LogP contribution < -0.4 is 21.8 Å². The zero-order valence-corrected chi connectivity index (χ0v) is 18.3. The highest BCUT2D eigenvalue weighted by Gasteiger charge is 2.19. The molecule has 3 aromatic carbocycles. The van der Waals surface area contributed by atoms with Crippen LogP contribution in [0.1, 0.15) is 40.0 Å². The van der Waals surface area contributed by atoms with Crippen molar-refractivity contribution < 1.29 is 19.2 Å². The number of carbonyl (C=O) groups excluding carboxylic acids is 2. The molecule has 0 saturated carbocycles. The Morgan fingerprint density at radius 3 is 2.09 bits per heavy atom. The summed E-state index contributed by atoms with van der Waals surface area (Å²) in [4.78, 5) is 23.7. The second-order valence-corrected chi connectivity index (χ2v) is 7.50. The van der Waals surface area contributed by atoms with E-state index in [1.54, 1.807) is 30.3 Å². The highest BCUT2D eigenvalue weighted by atomic mass is 19.1. The van der Waals surface area contributed by atoms with Crippen LogP contribution in [-0.2, 0) is 17.9 Å². The first-order valence-electron chi connectivity index (χ1n) is 10.6. The molecule has 2 amide bonds. The Morgan fingerprint density at radius 1 is 0.914 bits per heavy atom. The van der Waals surface area contributed by atoms with E-state index in [4.69, 9.17) is 10.9 Å². The Hall–Kier alpha value is -4.03. The van der Waals surface area contributed by atoms with Crippen LogP contribution in [0.25, 0.3) is 0 Å². The van der Waals surface area contributed by atoms with Crippen LogP contribution in [0.3, 0.4) is 0 Å². The highest BCUT2D eigenvalue weighted by molar-refractivity contribution is 5.97. The fraction of sp³-hybridized carbons (Fsp3) is 0.185. The lowest BCUT2D eigenvalue weighted by Crippen LogP contribution is -2.50. The maximum atomic E-state index is 13.2. The summed E-state index contributed by atoms with van der Waals surface area (Å²) in [5.41, 5.74) is 10.8. The van der Waals surface area contributed by atoms with E-state index in [2.05, 4.69) is 22.5 Å². The van der Waals surface area contributed by atoms with Crippen molar-refractivity contribution in [1.82, 2.24) is 16.1 Å². The average Bonchev–Trinajstić information content (AvgIpc) is 2.86. The predicted octanol–water partition coefficient (Wildman–Crippen LogP) is 2.71. The lowest BCUT2D eigenvalue weighted by Gasteiger charge is -2.14. The van der Waals surface area contributed by atoms with Crippen LogP contribution in [0.15, 0.2) is 72.8 Å². The molecule has 0 aliphatic heterocycles. The number of nitrogens with two attached hydrogens (primary N) is 1. The molecule has 6 N–H and O–H groups in total. The van der Waals surface area contributed by atoms with Gasteiger partial charge in [-0.15, -0.1) is 0 Å². The van der Waals surface area contributed by atoms with Gasteiger partial charge in [0.05, 0.1) is 0 Å². The fourth-order valence-corrected chi connectivity index (χ4v) is 3.10. The molecule has 8 heteroatoms. The third-order valence-electron chi connectivity index (χ3n) is 4.97. The number of amides is 2. The second-order valence-electron chi connectivity index (χ2n) is 7.50. The van der Waals surface area contributed by atoms with Gasteiger partial charge in [0.2, 0.25) is 0 Å². The van der Waals surface area contributed by atoms with Crippen LogP contribution in [0.5, 0.6) is 0 Å². The summed E-state index contributed by atoms with van der Waals surface area (Å²) >= 11 is 0. The minimum absolute atomic E-state index is 0. The highest BCUT2D eigenvalue weighted by Crippen LogP contribution is 2.07. The topological polar surface area (TPSA) is 116 Å². The number of carbonyl (C=O) groups is 2. The molecule has 0 heterocycles. The lowest BCUT2D eigenvalue weighted by molar-refractivity contribution is -0.130. The van der Waals surface area contributed by atoms with Crippen LogP contribution >= 0.6 is 0 Å². The van der Waals surface area contributed by atoms with E-state index in [9.17, 15) is 14.0 Å². The Balaban J connectivity index is 0.00000432. The van der Waals surface area contributed by atoms with E-state index in [-0.39, 0.29) is 19.8 Å². The molecule has 0 bridgehead atoms. The van der Waals surface area contributed by atoms with E-state index in [1.165, 1.54) is 17.6 Å². The van der Waals surface area contributed by atoms with Gasteiger partial charge in [-0.1, -0.05) is 43.5 Å². The van der Waals surface area contributed by atoms with Gasteiger partial charge in [-0.05, 0) is 59.7 Å². The summed E-state index contributed by atoms with van der Waals surface area (Å²) in [5, 5.41) is 14.4. The van der Waals surface area contributed by atoms with Crippen molar-refractivity contribution in [1.29, 1.82) is 0 Å². The summed E-state index contributed by atoms with van der Waals surface area (Å²) in [6.45, 7) is 1.08. The first-order valence-corrected chi connectivity index (χ1v) is 10.6. The van der Waals surface area contributed by atoms with E-state index >= 15 is 0 Å². The van der Waals surface area contributed by atoms with Gasteiger partial charge in [0, 0.05) is 36.3 Å². The molecule has 182 valence electrons. The van der Waals surface area contributed by atoms with Crippen molar-refractivity contribution in [3.63, 3.8) is 0 Å². The summed E-state index contributed by atoms with van der Waals surface area (Å²) in [5.74, 6) is 4.61. The third-order valence-corrected chi connectivity index (χ3v) is 4.97. The fourth-order valence-electron chi connectivity index (χ4n) is 3.10. The lowest BCUT2D eigenvalue weighted by atomic mass is 10.1. The molecule has 0 aliphatic carbocycles. The smallest absolute Gasteiger partial charge is 0.267 e. The van der Waals surface area contributed by atoms with Gasteiger partial charge in [0.25, 0.3) is 11.8 Å². The van der Waals surface area contributed by atoms with Gasteiger partial charge >= 0.3 is 0 Å². The standard InChI is InChI=1S/C26H25FN4O3.CH4/c27-23-3-1-2-21(14-23)17-29-16-20-8-6-18(7-9-20)4-5-19-10-12-22(13-11-19)25(32)30-24(15-28)26(33)31-34;/h1-3,6-14,24,29,34H,15-17,28H2,(H,30,32)(H,31,33);1H4/t24-;/m0./s1. The molecule has 0 radical (unpaired) electrons. The second kappa shape index (κ2) is 13.6. The molecule has 3 aromatic rings. The van der Waals surface area contributed by atoms with Crippen molar-refractivity contribution in [3.8, 4) is 11.8 Å². The molecule has 7 nitrogen and oxygen atoms in total. The Bertz CT molecular complexity index is 1190. The van der Waals surface area contributed by atoms with E-state index in [0.717, 1.165) is 22.3 Å². The molecular weight excluding hydrogens is 447 g/mol. The van der Waals surface area contributed by atoms with E-state index in [0.29, 0.717) is 18.7 Å². The molecule has 0 spiro atoms. The molecule has 35 heavy (non-hydrogen) atoms. The van der Waals surface area contributed by atoms with Crippen LogP contribution in [0.4, 0.5) is 4.39 Å². The van der Waals surface area contributed by atoms with Crippen LogP contribution in [0, 0.1) is 17.7 Å². The van der Waals surface area contributed by atoms with Gasteiger partial charge in [-0.25, -0.2) is 9.87 Å². The van der Waals surface area contributed by atoms with Crippen molar-refractivity contribution in [3.05, 3.63) is 106 Å². The maximum Gasteiger partial charge on any atom is 0.267 e. The Labute approximate surface area is 204 Å². The molecule has 1 atom stereocenters. The zero-order chi connectivity index (χ0) is 24.3. The molecule has 0 aliphatic rings. The van der Waals surface area contributed by atoms with Crippen LogP contribution in [0.2, 0.25) is 0 Å². The van der Waals surface area contributed by atoms with Crippen molar-refractivity contribution in [2.75, 3.05) is 6.54 Å². The SMILES string of the molecule is C.NC[C@H](NC(=O)c1ccc(C#Cc2ccc(CNCc3cccc(F)c3)cc2)cc1)C(=O)NO. The normalized spacial score (nSPS) is 10.8. The first kappa shape index (κ1) is 27.2. The van der Waals surface area contributed by atoms with E-state index < -0.39 is 17.9 Å². The minimum atomic E-state index is -1.03. The molecular formula is C27H29FN4O3.